The molecule has 0 N–H and O–H groups in total. The Kier molecular flexibility index (Phi) is 4.29. The average Bonchev–Trinajstić information content (AvgIpc) is 2.26. The van der Waals surface area contributed by atoms with Crippen molar-refractivity contribution in [3.05, 3.63) is 35.9 Å². The van der Waals surface area contributed by atoms with Gasteiger partial charge in [-0.05, 0) is 0 Å². The Bertz CT molecular complexity index is 285. The molecule has 1 aromatic rings. The van der Waals surface area contributed by atoms with E-state index in [0.717, 1.165) is 5.56 Å². The molecule has 0 unspecified atom stereocenters. The van der Waals surface area contributed by atoms with Crippen LogP contribution in [0.1, 0.15) is 16.8 Å². The number of nitrogens with zero attached hydrogens (tertiary/aromatic N) is 1. The molecular weight excluding hydrogens is 178 g/mol. The number of carbonyl (C=O) groups is 1. The minimum absolute atomic E-state index is 0.148. The molecule has 0 fully saturated rings. The zero-order valence-corrected chi connectivity index (χ0v) is 8.56. The third-order valence-electron chi connectivity index (χ3n) is 2.06. The minimum Gasteiger partial charge on any atom is -0.303 e. The maximum atomic E-state index is 11.6. The van der Waals surface area contributed by atoms with Crippen molar-refractivity contribution in [3.8, 4) is 0 Å². The van der Waals surface area contributed by atoms with Crippen LogP contribution < -0.4 is 0 Å². The van der Waals surface area contributed by atoms with E-state index >= 15 is 0 Å². The molecule has 0 spiro atoms. The summed E-state index contributed by atoms with van der Waals surface area (Å²) >= 11 is 0. The van der Waals surface area contributed by atoms with Crippen LogP contribution in [0.25, 0.3) is 0 Å². The van der Waals surface area contributed by atoms with Crippen molar-refractivity contribution < 1.29 is 9.63 Å². The van der Waals surface area contributed by atoms with Gasteiger partial charge in [-0.3, -0.25) is 4.79 Å². The molecule has 0 radical (unpaired) electrons. The van der Waals surface area contributed by atoms with Gasteiger partial charge in [-0.2, -0.15) is 5.06 Å². The highest BCUT2D eigenvalue weighted by Gasteiger charge is 2.05. The van der Waals surface area contributed by atoms with Crippen LogP contribution in [-0.2, 0) is 4.84 Å². The predicted molar refractivity (Wildman–Crippen MR) is 55.0 cm³/mol. The highest BCUT2D eigenvalue weighted by Crippen LogP contribution is 2.03. The molecule has 1 aromatic carbocycles. The Morgan fingerprint density at radius 1 is 1.36 bits per heavy atom. The molecule has 0 atom stereocenters. The average molecular weight is 193 g/mol. The van der Waals surface area contributed by atoms with Crippen molar-refractivity contribution in [2.24, 2.45) is 0 Å². The van der Waals surface area contributed by atoms with E-state index in [4.69, 9.17) is 4.84 Å². The van der Waals surface area contributed by atoms with Gasteiger partial charge in [-0.1, -0.05) is 30.3 Å². The van der Waals surface area contributed by atoms with Crippen molar-refractivity contribution in [3.63, 3.8) is 0 Å². The number of benzene rings is 1. The highest BCUT2D eigenvalue weighted by atomic mass is 16.7. The van der Waals surface area contributed by atoms with Crippen LogP contribution in [0.2, 0.25) is 0 Å². The summed E-state index contributed by atoms with van der Waals surface area (Å²) in [6.07, 6.45) is 0.481. The summed E-state index contributed by atoms with van der Waals surface area (Å²) in [6.45, 7) is 0.615. The van der Waals surface area contributed by atoms with E-state index in [9.17, 15) is 4.79 Å². The van der Waals surface area contributed by atoms with E-state index in [-0.39, 0.29) is 5.78 Å². The number of carbonyl (C=O) groups excluding carboxylic acids is 1. The van der Waals surface area contributed by atoms with Crippen LogP contribution in [-0.4, -0.2) is 31.5 Å². The molecule has 0 aliphatic carbocycles. The smallest absolute Gasteiger partial charge is 0.164 e. The molecule has 0 heterocycles. The monoisotopic (exact) mass is 193 g/mol. The summed E-state index contributed by atoms with van der Waals surface area (Å²) < 4.78 is 0. The fourth-order valence-electron chi connectivity index (χ4n) is 1.12. The van der Waals surface area contributed by atoms with Gasteiger partial charge in [0, 0.05) is 25.6 Å². The minimum atomic E-state index is 0.148. The first kappa shape index (κ1) is 10.9. The summed E-state index contributed by atoms with van der Waals surface area (Å²) in [4.78, 5) is 16.5. The standard InChI is InChI=1S/C11H15NO2/c1-12(14-2)9-8-11(13)10-6-4-3-5-7-10/h3-7H,8-9H2,1-2H3. The predicted octanol–water partition coefficient (Wildman–Crippen LogP) is 1.75. The number of rotatable bonds is 5. The van der Waals surface area contributed by atoms with E-state index in [1.165, 1.54) is 0 Å². The summed E-state index contributed by atoms with van der Waals surface area (Å²) in [5, 5.41) is 1.64. The van der Waals surface area contributed by atoms with E-state index in [2.05, 4.69) is 0 Å². The van der Waals surface area contributed by atoms with Crippen LogP contribution in [0.15, 0.2) is 30.3 Å². The van der Waals surface area contributed by atoms with Gasteiger partial charge in [0.05, 0.1) is 7.11 Å². The SMILES string of the molecule is CON(C)CCC(=O)c1ccccc1. The lowest BCUT2D eigenvalue weighted by Crippen LogP contribution is -2.20. The molecular formula is C11H15NO2. The lowest BCUT2D eigenvalue weighted by Gasteiger charge is -2.12. The largest absolute Gasteiger partial charge is 0.303 e. The normalized spacial score (nSPS) is 10.5. The Morgan fingerprint density at radius 2 is 2.00 bits per heavy atom. The zero-order chi connectivity index (χ0) is 10.4. The first-order valence-corrected chi connectivity index (χ1v) is 4.57. The van der Waals surface area contributed by atoms with Crippen molar-refractivity contribution in [1.82, 2.24) is 5.06 Å². The number of hydrogen-bond donors (Lipinski definition) is 0. The fourth-order valence-corrected chi connectivity index (χ4v) is 1.12. The molecule has 0 aliphatic heterocycles. The van der Waals surface area contributed by atoms with Crippen molar-refractivity contribution in [2.75, 3.05) is 20.7 Å². The summed E-state index contributed by atoms with van der Waals surface area (Å²) in [5.41, 5.74) is 0.761. The number of ketones is 1. The molecule has 0 saturated carbocycles. The second-order valence-electron chi connectivity index (χ2n) is 3.07. The molecule has 0 aromatic heterocycles. The Morgan fingerprint density at radius 3 is 2.57 bits per heavy atom. The summed E-state index contributed by atoms with van der Waals surface area (Å²) in [7, 11) is 3.39. The molecule has 0 amide bonds. The molecule has 76 valence electrons. The van der Waals surface area contributed by atoms with Gasteiger partial charge in [0.2, 0.25) is 0 Å². The molecule has 0 aliphatic rings. The molecule has 3 nitrogen and oxygen atoms in total. The fraction of sp³-hybridized carbons (Fsp3) is 0.364. The van der Waals surface area contributed by atoms with Crippen LogP contribution in [0.5, 0.6) is 0 Å². The van der Waals surface area contributed by atoms with Crippen LogP contribution in [0.3, 0.4) is 0 Å². The van der Waals surface area contributed by atoms with E-state index in [1.54, 1.807) is 19.2 Å². The maximum Gasteiger partial charge on any atom is 0.164 e. The van der Waals surface area contributed by atoms with Gasteiger partial charge in [-0.25, -0.2) is 0 Å². The first-order valence-electron chi connectivity index (χ1n) is 4.57. The van der Waals surface area contributed by atoms with Gasteiger partial charge in [0.15, 0.2) is 5.78 Å². The molecule has 1 rings (SSSR count). The molecule has 0 bridgehead atoms. The van der Waals surface area contributed by atoms with Crippen LogP contribution in [0.4, 0.5) is 0 Å². The Hall–Kier alpha value is -1.19. The number of hydroxylamine groups is 2. The topological polar surface area (TPSA) is 29.5 Å². The van der Waals surface area contributed by atoms with Gasteiger partial charge < -0.3 is 4.84 Å². The van der Waals surface area contributed by atoms with Crippen molar-refractivity contribution in [2.45, 2.75) is 6.42 Å². The van der Waals surface area contributed by atoms with Crippen molar-refractivity contribution in [1.29, 1.82) is 0 Å². The lowest BCUT2D eigenvalue weighted by atomic mass is 10.1. The quantitative estimate of drug-likeness (QED) is 0.527. The Labute approximate surface area is 84.2 Å². The molecule has 0 saturated heterocycles. The van der Waals surface area contributed by atoms with Crippen LogP contribution in [0, 0.1) is 0 Å². The van der Waals surface area contributed by atoms with E-state index in [1.807, 2.05) is 30.3 Å². The number of Topliss-reactive ketones (excluding diaryl/α,β-unsaturated/α-hetero) is 1. The second-order valence-corrected chi connectivity index (χ2v) is 3.07. The zero-order valence-electron chi connectivity index (χ0n) is 8.56. The highest BCUT2D eigenvalue weighted by molar-refractivity contribution is 5.96. The van der Waals surface area contributed by atoms with Gasteiger partial charge in [-0.15, -0.1) is 0 Å². The number of hydrogen-bond acceptors (Lipinski definition) is 3. The summed E-state index contributed by atoms with van der Waals surface area (Å²) in [6, 6.07) is 9.29. The molecule has 3 heteroatoms. The third kappa shape index (κ3) is 3.28. The van der Waals surface area contributed by atoms with E-state index < -0.39 is 0 Å². The first-order chi connectivity index (χ1) is 6.74. The molecule has 14 heavy (non-hydrogen) atoms. The van der Waals surface area contributed by atoms with Gasteiger partial charge in [0.25, 0.3) is 0 Å². The van der Waals surface area contributed by atoms with Gasteiger partial charge in [0.1, 0.15) is 0 Å². The van der Waals surface area contributed by atoms with Gasteiger partial charge >= 0.3 is 0 Å². The second kappa shape index (κ2) is 5.52. The lowest BCUT2D eigenvalue weighted by molar-refractivity contribution is -0.107. The van der Waals surface area contributed by atoms with E-state index in [0.29, 0.717) is 13.0 Å². The maximum absolute atomic E-state index is 11.6. The third-order valence-corrected chi connectivity index (χ3v) is 2.06. The Balaban J connectivity index is 2.44. The van der Waals surface area contributed by atoms with Crippen LogP contribution >= 0.6 is 0 Å². The van der Waals surface area contributed by atoms with Crippen molar-refractivity contribution >= 4 is 5.78 Å². The summed E-state index contributed by atoms with van der Waals surface area (Å²) in [5.74, 6) is 0.148.